The number of amides is 2. The van der Waals surface area contributed by atoms with Gasteiger partial charge in [0.25, 0.3) is 0 Å². The normalized spacial score (nSPS) is 22.1. The van der Waals surface area contributed by atoms with Crippen LogP contribution in [0.2, 0.25) is 0 Å². The van der Waals surface area contributed by atoms with E-state index in [1.165, 1.54) is 0 Å². The molecule has 8 heteroatoms. The van der Waals surface area contributed by atoms with Crippen LogP contribution in [-0.2, 0) is 22.7 Å². The highest BCUT2D eigenvalue weighted by Gasteiger charge is 2.40. The van der Waals surface area contributed by atoms with Crippen LogP contribution in [0.4, 0.5) is 0 Å². The highest BCUT2D eigenvalue weighted by Crippen LogP contribution is 2.37. The molecule has 2 aliphatic heterocycles. The van der Waals surface area contributed by atoms with Crippen molar-refractivity contribution in [3.63, 3.8) is 0 Å². The summed E-state index contributed by atoms with van der Waals surface area (Å²) in [5, 5.41) is 9.39. The minimum atomic E-state index is -0.134. The lowest BCUT2D eigenvalue weighted by atomic mass is 9.76. The van der Waals surface area contributed by atoms with Gasteiger partial charge in [0.15, 0.2) is 11.5 Å². The summed E-state index contributed by atoms with van der Waals surface area (Å²) in [5.74, 6) is 1.33. The highest BCUT2D eigenvalue weighted by molar-refractivity contribution is 6.07. The van der Waals surface area contributed by atoms with Gasteiger partial charge in [-0.15, -0.1) is 0 Å². The summed E-state index contributed by atoms with van der Waals surface area (Å²) >= 11 is 0. The molecule has 2 atom stereocenters. The minimum absolute atomic E-state index is 0.0356. The SMILES string of the molecule is COc1ccc(C2=NN(Cc3cccc(CN4CCNC(=O)C4)c3)C(=O)[C@@H]3CC=CC[C@H]23)cc1OC. The van der Waals surface area contributed by atoms with Crippen LogP contribution >= 0.6 is 0 Å². The Bertz CT molecular complexity index is 1210. The van der Waals surface area contributed by atoms with Crippen molar-refractivity contribution in [2.75, 3.05) is 33.9 Å². The van der Waals surface area contributed by atoms with Gasteiger partial charge in [-0.25, -0.2) is 5.01 Å². The number of benzene rings is 2. The summed E-state index contributed by atoms with van der Waals surface area (Å²) in [4.78, 5) is 27.4. The Morgan fingerprint density at radius 3 is 2.44 bits per heavy atom. The summed E-state index contributed by atoms with van der Waals surface area (Å²) in [6.45, 7) is 3.01. The van der Waals surface area contributed by atoms with Gasteiger partial charge in [-0.05, 0) is 42.2 Å². The van der Waals surface area contributed by atoms with Gasteiger partial charge in [0.05, 0.1) is 38.9 Å². The molecule has 2 aromatic carbocycles. The summed E-state index contributed by atoms with van der Waals surface area (Å²) in [5.41, 5.74) is 3.98. The van der Waals surface area contributed by atoms with Crippen molar-refractivity contribution in [2.45, 2.75) is 25.9 Å². The molecule has 2 heterocycles. The molecule has 0 spiro atoms. The Hall–Kier alpha value is -3.65. The zero-order valence-corrected chi connectivity index (χ0v) is 20.8. The van der Waals surface area contributed by atoms with E-state index in [1.54, 1.807) is 19.2 Å². The molecule has 2 aromatic rings. The van der Waals surface area contributed by atoms with Gasteiger partial charge in [0, 0.05) is 31.1 Å². The average molecular weight is 489 g/mol. The fourth-order valence-corrected chi connectivity index (χ4v) is 5.30. The van der Waals surface area contributed by atoms with E-state index in [0.29, 0.717) is 44.1 Å². The number of ether oxygens (including phenoxy) is 2. The molecular weight excluding hydrogens is 456 g/mol. The number of nitrogens with zero attached hydrogens (tertiary/aromatic N) is 3. The van der Waals surface area contributed by atoms with E-state index in [9.17, 15) is 9.59 Å². The molecule has 2 amide bonds. The molecule has 1 N–H and O–H groups in total. The second kappa shape index (κ2) is 10.5. The number of fused-ring (bicyclic) bond motifs is 1. The fraction of sp³-hybridized carbons (Fsp3) is 0.393. The quantitative estimate of drug-likeness (QED) is 0.606. The molecule has 0 bridgehead atoms. The van der Waals surface area contributed by atoms with Crippen LogP contribution in [0.15, 0.2) is 59.7 Å². The standard InChI is InChI=1S/C28H32N4O4/c1-35-24-11-10-21(15-25(24)36-2)27-22-8-3-4-9-23(22)28(34)32(30-27)17-20-7-5-6-19(14-20)16-31-13-12-29-26(33)18-31/h3-7,10-11,14-15,22-23H,8-9,12-13,16-18H2,1-2H3,(H,29,33)/t22-,23+/m0/s1. The first kappa shape index (κ1) is 24.1. The number of piperazine rings is 1. The summed E-state index contributed by atoms with van der Waals surface area (Å²) in [6, 6.07) is 14.0. The summed E-state index contributed by atoms with van der Waals surface area (Å²) < 4.78 is 10.9. The van der Waals surface area contributed by atoms with Crippen LogP contribution < -0.4 is 14.8 Å². The van der Waals surface area contributed by atoms with Crippen molar-refractivity contribution in [3.05, 3.63) is 71.3 Å². The lowest BCUT2D eigenvalue weighted by Crippen LogP contribution is -2.47. The zero-order chi connectivity index (χ0) is 25.1. The molecule has 0 saturated carbocycles. The first-order chi connectivity index (χ1) is 17.6. The van der Waals surface area contributed by atoms with Gasteiger partial charge in [0.2, 0.25) is 11.8 Å². The Labute approximate surface area is 211 Å². The molecule has 36 heavy (non-hydrogen) atoms. The van der Waals surface area contributed by atoms with E-state index in [2.05, 4.69) is 34.5 Å². The zero-order valence-electron chi connectivity index (χ0n) is 20.8. The number of allylic oxidation sites excluding steroid dienone is 2. The van der Waals surface area contributed by atoms with E-state index >= 15 is 0 Å². The Morgan fingerprint density at radius 2 is 1.69 bits per heavy atom. The molecular formula is C28H32N4O4. The van der Waals surface area contributed by atoms with Crippen LogP contribution in [0.1, 0.15) is 29.5 Å². The number of carbonyl (C=O) groups excluding carboxylic acids is 2. The lowest BCUT2D eigenvalue weighted by Gasteiger charge is -2.37. The monoisotopic (exact) mass is 488 g/mol. The maximum absolute atomic E-state index is 13.5. The third-order valence-electron chi connectivity index (χ3n) is 7.11. The molecule has 1 aliphatic carbocycles. The van der Waals surface area contributed by atoms with Crippen molar-refractivity contribution >= 4 is 17.5 Å². The molecule has 0 aromatic heterocycles. The highest BCUT2D eigenvalue weighted by atomic mass is 16.5. The van der Waals surface area contributed by atoms with Gasteiger partial charge in [-0.3, -0.25) is 14.5 Å². The largest absolute Gasteiger partial charge is 0.493 e. The van der Waals surface area contributed by atoms with Gasteiger partial charge < -0.3 is 14.8 Å². The van der Waals surface area contributed by atoms with Crippen molar-refractivity contribution in [3.8, 4) is 11.5 Å². The molecule has 0 unspecified atom stereocenters. The number of carbonyl (C=O) groups is 2. The topological polar surface area (TPSA) is 83.5 Å². The van der Waals surface area contributed by atoms with E-state index in [0.717, 1.165) is 35.4 Å². The van der Waals surface area contributed by atoms with Gasteiger partial charge in [-0.2, -0.15) is 5.10 Å². The summed E-state index contributed by atoms with van der Waals surface area (Å²) in [7, 11) is 3.24. The Morgan fingerprint density at radius 1 is 0.944 bits per heavy atom. The average Bonchev–Trinajstić information content (AvgIpc) is 2.90. The number of hydrogen-bond donors (Lipinski definition) is 1. The summed E-state index contributed by atoms with van der Waals surface area (Å²) in [6.07, 6.45) is 5.74. The van der Waals surface area contributed by atoms with Crippen molar-refractivity contribution in [1.29, 1.82) is 0 Å². The van der Waals surface area contributed by atoms with Crippen LogP contribution in [0.3, 0.4) is 0 Å². The van der Waals surface area contributed by atoms with Crippen molar-refractivity contribution < 1.29 is 19.1 Å². The number of methoxy groups -OCH3 is 2. The Kier molecular flexibility index (Phi) is 7.04. The minimum Gasteiger partial charge on any atom is -0.493 e. The van der Waals surface area contributed by atoms with Crippen LogP contribution in [-0.4, -0.2) is 61.3 Å². The molecule has 5 rings (SSSR count). The third-order valence-corrected chi connectivity index (χ3v) is 7.11. The van der Waals surface area contributed by atoms with Gasteiger partial charge >= 0.3 is 0 Å². The first-order valence-electron chi connectivity index (χ1n) is 12.4. The fourth-order valence-electron chi connectivity index (χ4n) is 5.30. The lowest BCUT2D eigenvalue weighted by molar-refractivity contribution is -0.138. The van der Waals surface area contributed by atoms with E-state index in [-0.39, 0.29) is 23.7 Å². The second-order valence-electron chi connectivity index (χ2n) is 9.49. The number of rotatable bonds is 7. The predicted molar refractivity (Wildman–Crippen MR) is 137 cm³/mol. The Balaban J connectivity index is 1.42. The van der Waals surface area contributed by atoms with Gasteiger partial charge in [-0.1, -0.05) is 36.4 Å². The van der Waals surface area contributed by atoms with E-state index in [1.807, 2.05) is 30.3 Å². The van der Waals surface area contributed by atoms with Crippen LogP contribution in [0.5, 0.6) is 11.5 Å². The molecule has 188 valence electrons. The molecule has 0 radical (unpaired) electrons. The second-order valence-corrected chi connectivity index (χ2v) is 9.49. The number of nitrogens with one attached hydrogen (secondary N) is 1. The predicted octanol–water partition coefficient (Wildman–Crippen LogP) is 2.96. The number of hydrogen-bond acceptors (Lipinski definition) is 6. The number of hydrazone groups is 1. The van der Waals surface area contributed by atoms with Crippen LogP contribution in [0, 0.1) is 11.8 Å². The maximum atomic E-state index is 13.5. The van der Waals surface area contributed by atoms with E-state index < -0.39 is 0 Å². The van der Waals surface area contributed by atoms with Crippen LogP contribution in [0.25, 0.3) is 0 Å². The molecule has 8 nitrogen and oxygen atoms in total. The van der Waals surface area contributed by atoms with Gasteiger partial charge in [0.1, 0.15) is 0 Å². The maximum Gasteiger partial charge on any atom is 0.247 e. The molecule has 1 saturated heterocycles. The smallest absolute Gasteiger partial charge is 0.247 e. The third kappa shape index (κ3) is 4.99. The van der Waals surface area contributed by atoms with Crippen molar-refractivity contribution in [1.82, 2.24) is 15.2 Å². The molecule has 1 fully saturated rings. The van der Waals surface area contributed by atoms with Crippen molar-refractivity contribution in [2.24, 2.45) is 16.9 Å². The first-order valence-corrected chi connectivity index (χ1v) is 12.4. The molecule has 3 aliphatic rings. The van der Waals surface area contributed by atoms with E-state index in [4.69, 9.17) is 14.6 Å².